The molecule has 0 aliphatic heterocycles. The van der Waals surface area contributed by atoms with E-state index in [1.807, 2.05) is 49.1 Å². The molecule has 1 amide bonds. The topological polar surface area (TPSA) is 42.4 Å². The molecule has 1 saturated carbocycles. The fourth-order valence-electron chi connectivity index (χ4n) is 3.53. The molecule has 30 heavy (non-hydrogen) atoms. The third-order valence-electron chi connectivity index (χ3n) is 5.48. The first-order chi connectivity index (χ1) is 14.5. The molecule has 0 atom stereocenters. The van der Waals surface area contributed by atoms with Crippen LogP contribution in [-0.2, 0) is 0 Å². The van der Waals surface area contributed by atoms with Gasteiger partial charge < -0.3 is 9.64 Å². The molecule has 1 aliphatic carbocycles. The second-order valence-electron chi connectivity index (χ2n) is 7.84. The first kappa shape index (κ1) is 20.5. The minimum atomic E-state index is -0.279. The zero-order chi connectivity index (χ0) is 21.1. The van der Waals surface area contributed by atoms with Crippen LogP contribution in [0.2, 0.25) is 0 Å². The lowest BCUT2D eigenvalue weighted by Crippen LogP contribution is -2.38. The van der Waals surface area contributed by atoms with Crippen molar-refractivity contribution in [3.63, 3.8) is 0 Å². The smallest absolute Gasteiger partial charge is 0.274 e. The van der Waals surface area contributed by atoms with E-state index in [9.17, 15) is 9.18 Å². The van der Waals surface area contributed by atoms with Gasteiger partial charge in [-0.1, -0.05) is 30.3 Å². The molecule has 156 valence electrons. The van der Waals surface area contributed by atoms with Gasteiger partial charge in [-0.3, -0.25) is 4.79 Å². The Hall–Kier alpha value is -2.73. The monoisotopic (exact) mass is 424 g/mol. The molecule has 0 N–H and O–H groups in total. The van der Waals surface area contributed by atoms with Crippen LogP contribution in [0.3, 0.4) is 0 Å². The SMILES string of the molecule is CCN(CC1(COc2ccc(F)cc2)CC1)C(=O)c1nc(C)sc1-c1ccccc1. The average molecular weight is 425 g/mol. The first-order valence-corrected chi connectivity index (χ1v) is 11.0. The van der Waals surface area contributed by atoms with E-state index in [0.29, 0.717) is 31.1 Å². The molecule has 0 spiro atoms. The highest BCUT2D eigenvalue weighted by molar-refractivity contribution is 7.15. The van der Waals surface area contributed by atoms with E-state index in [1.165, 1.54) is 12.1 Å². The van der Waals surface area contributed by atoms with Crippen molar-refractivity contribution < 1.29 is 13.9 Å². The minimum absolute atomic E-state index is 0.0336. The molecule has 1 heterocycles. The van der Waals surface area contributed by atoms with Crippen molar-refractivity contribution in [3.05, 3.63) is 71.1 Å². The van der Waals surface area contributed by atoms with Crippen molar-refractivity contribution in [2.45, 2.75) is 26.7 Å². The summed E-state index contributed by atoms with van der Waals surface area (Å²) in [5, 5.41) is 0.883. The lowest BCUT2D eigenvalue weighted by molar-refractivity contribution is 0.0697. The fourth-order valence-corrected chi connectivity index (χ4v) is 4.45. The Balaban J connectivity index is 1.48. The number of halogens is 1. The summed E-state index contributed by atoms with van der Waals surface area (Å²) in [4.78, 5) is 20.8. The van der Waals surface area contributed by atoms with Crippen LogP contribution in [-0.4, -0.2) is 35.5 Å². The van der Waals surface area contributed by atoms with Gasteiger partial charge in [0.2, 0.25) is 0 Å². The number of nitrogens with zero attached hydrogens (tertiary/aromatic N) is 2. The lowest BCUT2D eigenvalue weighted by Gasteiger charge is -2.26. The van der Waals surface area contributed by atoms with E-state index in [1.54, 1.807) is 23.5 Å². The average Bonchev–Trinajstić information content (AvgIpc) is 3.43. The number of rotatable bonds is 8. The number of thiazole rings is 1. The second kappa shape index (κ2) is 8.56. The van der Waals surface area contributed by atoms with Crippen molar-refractivity contribution in [2.75, 3.05) is 19.7 Å². The zero-order valence-corrected chi connectivity index (χ0v) is 18.0. The van der Waals surface area contributed by atoms with Gasteiger partial charge in [0.25, 0.3) is 5.91 Å². The largest absolute Gasteiger partial charge is 0.493 e. The summed E-state index contributed by atoms with van der Waals surface area (Å²) in [5.41, 5.74) is 1.50. The standard InChI is InChI=1S/C24H25FN2O2S/c1-3-27(15-24(13-14-24)16-29-20-11-9-19(25)10-12-20)23(28)21-22(30-17(2)26-21)18-7-5-4-6-8-18/h4-12H,3,13-16H2,1-2H3. The maximum absolute atomic E-state index is 13.4. The molecular formula is C24H25FN2O2S. The lowest BCUT2D eigenvalue weighted by atomic mass is 10.1. The normalized spacial score (nSPS) is 14.4. The number of aromatic nitrogens is 1. The Kier molecular flexibility index (Phi) is 5.86. The highest BCUT2D eigenvalue weighted by Gasteiger charge is 2.46. The van der Waals surface area contributed by atoms with Crippen LogP contribution in [0.4, 0.5) is 4.39 Å². The Labute approximate surface area is 180 Å². The third kappa shape index (κ3) is 4.54. The van der Waals surface area contributed by atoms with E-state index in [-0.39, 0.29) is 17.1 Å². The van der Waals surface area contributed by atoms with Crippen LogP contribution < -0.4 is 4.74 Å². The number of amides is 1. The molecule has 2 aromatic carbocycles. The summed E-state index contributed by atoms with van der Waals surface area (Å²) in [6.07, 6.45) is 2.03. The quantitative estimate of drug-likeness (QED) is 0.474. The maximum atomic E-state index is 13.4. The predicted octanol–water partition coefficient (Wildman–Crippen LogP) is 5.58. The molecule has 1 aromatic heterocycles. The van der Waals surface area contributed by atoms with E-state index in [4.69, 9.17) is 4.74 Å². The Morgan fingerprint density at radius 1 is 1.17 bits per heavy atom. The number of aryl methyl sites for hydroxylation is 1. The van der Waals surface area contributed by atoms with E-state index in [0.717, 1.165) is 28.3 Å². The van der Waals surface area contributed by atoms with Gasteiger partial charge in [0.1, 0.15) is 17.3 Å². The Bertz CT molecular complexity index is 1010. The molecule has 0 bridgehead atoms. The van der Waals surface area contributed by atoms with Crippen LogP contribution in [0.1, 0.15) is 35.3 Å². The molecule has 4 nitrogen and oxygen atoms in total. The summed E-state index contributed by atoms with van der Waals surface area (Å²) in [6.45, 7) is 5.69. The molecule has 1 aliphatic rings. The Morgan fingerprint density at radius 3 is 2.50 bits per heavy atom. The van der Waals surface area contributed by atoms with E-state index in [2.05, 4.69) is 4.98 Å². The van der Waals surface area contributed by atoms with Gasteiger partial charge >= 0.3 is 0 Å². The molecular weight excluding hydrogens is 399 g/mol. The van der Waals surface area contributed by atoms with Crippen LogP contribution in [0.25, 0.3) is 10.4 Å². The summed E-state index contributed by atoms with van der Waals surface area (Å²) >= 11 is 1.55. The van der Waals surface area contributed by atoms with E-state index >= 15 is 0 Å². The third-order valence-corrected chi connectivity index (χ3v) is 6.50. The predicted molar refractivity (Wildman–Crippen MR) is 117 cm³/mol. The number of carbonyl (C=O) groups excluding carboxylic acids is 1. The number of hydrogen-bond donors (Lipinski definition) is 0. The van der Waals surface area contributed by atoms with Crippen molar-refractivity contribution in [2.24, 2.45) is 5.41 Å². The summed E-state index contributed by atoms with van der Waals surface area (Å²) < 4.78 is 19.0. The summed E-state index contributed by atoms with van der Waals surface area (Å²) in [5.74, 6) is 0.339. The molecule has 0 radical (unpaired) electrons. The van der Waals surface area contributed by atoms with Gasteiger partial charge in [0.05, 0.1) is 16.5 Å². The van der Waals surface area contributed by atoms with Crippen molar-refractivity contribution in [3.8, 4) is 16.2 Å². The summed E-state index contributed by atoms with van der Waals surface area (Å²) in [6, 6.07) is 16.0. The number of carbonyl (C=O) groups is 1. The van der Waals surface area contributed by atoms with Crippen molar-refractivity contribution in [1.29, 1.82) is 0 Å². The van der Waals surface area contributed by atoms with Crippen LogP contribution in [0.5, 0.6) is 5.75 Å². The highest BCUT2D eigenvalue weighted by Crippen LogP contribution is 2.47. The van der Waals surface area contributed by atoms with Gasteiger partial charge in [-0.2, -0.15) is 0 Å². The zero-order valence-electron chi connectivity index (χ0n) is 17.2. The molecule has 4 rings (SSSR count). The second-order valence-corrected chi connectivity index (χ2v) is 9.04. The molecule has 6 heteroatoms. The van der Waals surface area contributed by atoms with Crippen LogP contribution >= 0.6 is 11.3 Å². The maximum Gasteiger partial charge on any atom is 0.274 e. The molecule has 1 fully saturated rings. The van der Waals surface area contributed by atoms with Gasteiger partial charge in [-0.15, -0.1) is 11.3 Å². The van der Waals surface area contributed by atoms with Crippen LogP contribution in [0, 0.1) is 18.2 Å². The summed E-state index contributed by atoms with van der Waals surface area (Å²) in [7, 11) is 0. The Morgan fingerprint density at radius 2 is 1.87 bits per heavy atom. The van der Waals surface area contributed by atoms with Gasteiger partial charge in [-0.05, 0) is 56.5 Å². The van der Waals surface area contributed by atoms with Gasteiger partial charge in [0, 0.05) is 18.5 Å². The highest BCUT2D eigenvalue weighted by atomic mass is 32.1. The van der Waals surface area contributed by atoms with Crippen LogP contribution in [0.15, 0.2) is 54.6 Å². The van der Waals surface area contributed by atoms with E-state index < -0.39 is 0 Å². The number of ether oxygens (including phenoxy) is 1. The number of benzene rings is 2. The first-order valence-electron chi connectivity index (χ1n) is 10.2. The minimum Gasteiger partial charge on any atom is -0.493 e. The molecule has 3 aromatic rings. The molecule has 0 unspecified atom stereocenters. The number of hydrogen-bond acceptors (Lipinski definition) is 4. The van der Waals surface area contributed by atoms with Gasteiger partial charge in [0.15, 0.2) is 0 Å². The van der Waals surface area contributed by atoms with Crippen molar-refractivity contribution >= 4 is 17.2 Å². The van der Waals surface area contributed by atoms with Gasteiger partial charge in [-0.25, -0.2) is 9.37 Å². The van der Waals surface area contributed by atoms with Crippen molar-refractivity contribution in [1.82, 2.24) is 9.88 Å². The fraction of sp³-hybridized carbons (Fsp3) is 0.333. The molecule has 0 saturated heterocycles.